The van der Waals surface area contributed by atoms with Crippen molar-refractivity contribution in [2.24, 2.45) is 0 Å². The van der Waals surface area contributed by atoms with Gasteiger partial charge in [-0.2, -0.15) is 0 Å². The number of esters is 1. The Morgan fingerprint density at radius 3 is 2.29 bits per heavy atom. The molecule has 0 aliphatic heterocycles. The van der Waals surface area contributed by atoms with E-state index < -0.39 is 12.1 Å². The van der Waals surface area contributed by atoms with E-state index in [1.807, 2.05) is 26.8 Å². The van der Waals surface area contributed by atoms with Crippen molar-refractivity contribution in [2.75, 3.05) is 14.2 Å². The zero-order chi connectivity index (χ0) is 13.2. The molecule has 94 valence electrons. The van der Waals surface area contributed by atoms with Crippen molar-refractivity contribution in [3.8, 4) is 5.75 Å². The number of aliphatic hydroxyl groups is 1. The van der Waals surface area contributed by atoms with E-state index in [1.165, 1.54) is 14.2 Å². The zero-order valence-electron chi connectivity index (χ0n) is 10.8. The summed E-state index contributed by atoms with van der Waals surface area (Å²) in [6.07, 6.45) is -1.31. The van der Waals surface area contributed by atoms with Gasteiger partial charge in [0.15, 0.2) is 6.10 Å². The van der Waals surface area contributed by atoms with Gasteiger partial charge in [0.05, 0.1) is 14.2 Å². The van der Waals surface area contributed by atoms with Crippen LogP contribution >= 0.6 is 0 Å². The Morgan fingerprint density at radius 1 is 1.24 bits per heavy atom. The molecule has 0 spiro atoms. The normalized spacial score (nSPS) is 12.1. The van der Waals surface area contributed by atoms with E-state index in [0.29, 0.717) is 11.3 Å². The third kappa shape index (κ3) is 2.42. The van der Waals surface area contributed by atoms with Crippen LogP contribution in [0.25, 0.3) is 0 Å². The number of benzene rings is 1. The molecule has 0 saturated heterocycles. The number of rotatable bonds is 3. The zero-order valence-corrected chi connectivity index (χ0v) is 10.8. The van der Waals surface area contributed by atoms with Crippen molar-refractivity contribution < 1.29 is 19.4 Å². The van der Waals surface area contributed by atoms with Crippen LogP contribution in [0.3, 0.4) is 0 Å². The Hall–Kier alpha value is -1.55. The van der Waals surface area contributed by atoms with Gasteiger partial charge >= 0.3 is 5.97 Å². The minimum Gasteiger partial charge on any atom is -0.496 e. The predicted molar refractivity (Wildman–Crippen MR) is 64.2 cm³/mol. The Labute approximate surface area is 101 Å². The topological polar surface area (TPSA) is 55.8 Å². The summed E-state index contributed by atoms with van der Waals surface area (Å²) < 4.78 is 9.83. The molecule has 0 bridgehead atoms. The number of carbonyl (C=O) groups is 1. The molecule has 1 unspecified atom stereocenters. The third-order valence-electron chi connectivity index (χ3n) is 2.94. The Bertz CT molecular complexity index is 438. The van der Waals surface area contributed by atoms with Crippen molar-refractivity contribution in [1.82, 2.24) is 0 Å². The first-order valence-electron chi connectivity index (χ1n) is 5.34. The maximum atomic E-state index is 11.4. The quantitative estimate of drug-likeness (QED) is 0.816. The van der Waals surface area contributed by atoms with Gasteiger partial charge in [-0.05, 0) is 37.5 Å². The summed E-state index contributed by atoms with van der Waals surface area (Å²) in [6.45, 7) is 5.68. The number of hydrogen-bond acceptors (Lipinski definition) is 4. The summed E-state index contributed by atoms with van der Waals surface area (Å²) >= 11 is 0. The van der Waals surface area contributed by atoms with Gasteiger partial charge in [0.2, 0.25) is 0 Å². The highest BCUT2D eigenvalue weighted by Crippen LogP contribution is 2.34. The van der Waals surface area contributed by atoms with E-state index in [1.54, 1.807) is 0 Å². The third-order valence-corrected chi connectivity index (χ3v) is 2.94. The fourth-order valence-electron chi connectivity index (χ4n) is 1.90. The van der Waals surface area contributed by atoms with E-state index in [0.717, 1.165) is 16.7 Å². The Morgan fingerprint density at radius 2 is 1.82 bits per heavy atom. The molecule has 0 radical (unpaired) electrons. The summed E-state index contributed by atoms with van der Waals surface area (Å²) in [7, 11) is 2.77. The molecule has 0 saturated carbocycles. The molecule has 4 nitrogen and oxygen atoms in total. The molecule has 0 fully saturated rings. The molecule has 0 amide bonds. The van der Waals surface area contributed by atoms with Crippen molar-refractivity contribution in [3.63, 3.8) is 0 Å². The van der Waals surface area contributed by atoms with Crippen LogP contribution in [-0.2, 0) is 9.53 Å². The van der Waals surface area contributed by atoms with Gasteiger partial charge in [0.1, 0.15) is 5.75 Å². The lowest BCUT2D eigenvalue weighted by Gasteiger charge is -2.19. The Kier molecular flexibility index (Phi) is 4.12. The van der Waals surface area contributed by atoms with Gasteiger partial charge in [-0.3, -0.25) is 0 Å². The lowest BCUT2D eigenvalue weighted by molar-refractivity contribution is -0.150. The molecule has 17 heavy (non-hydrogen) atoms. The second-order valence-electron chi connectivity index (χ2n) is 4.01. The van der Waals surface area contributed by atoms with Gasteiger partial charge in [-0.1, -0.05) is 6.07 Å². The molecule has 0 heterocycles. The van der Waals surface area contributed by atoms with Gasteiger partial charge in [0.25, 0.3) is 0 Å². The number of ether oxygens (including phenoxy) is 2. The SMILES string of the molecule is COC(=O)C(O)c1c(C)cc(C)c(C)c1OC. The molecule has 1 rings (SSSR count). The van der Waals surface area contributed by atoms with Crippen LogP contribution in [0.1, 0.15) is 28.4 Å². The summed E-state index contributed by atoms with van der Waals surface area (Å²) in [5, 5.41) is 9.94. The van der Waals surface area contributed by atoms with E-state index >= 15 is 0 Å². The van der Waals surface area contributed by atoms with Crippen LogP contribution in [0, 0.1) is 20.8 Å². The molecule has 1 aromatic rings. The van der Waals surface area contributed by atoms with Crippen LogP contribution in [0.4, 0.5) is 0 Å². The van der Waals surface area contributed by atoms with Crippen molar-refractivity contribution in [3.05, 3.63) is 28.3 Å². The molecule has 0 aromatic heterocycles. The number of carbonyl (C=O) groups excluding carboxylic acids is 1. The molecule has 1 N–H and O–H groups in total. The standard InChI is InChI=1S/C13H18O4/c1-7-6-8(2)10(11(14)13(15)17-5)12(16-4)9(7)3/h6,11,14H,1-5H3. The lowest BCUT2D eigenvalue weighted by atomic mass is 9.95. The number of aliphatic hydroxyl groups excluding tert-OH is 1. The minimum absolute atomic E-state index is 0.474. The summed E-state index contributed by atoms with van der Waals surface area (Å²) in [5.74, 6) is -0.143. The highest BCUT2D eigenvalue weighted by Gasteiger charge is 2.25. The van der Waals surface area contributed by atoms with Crippen molar-refractivity contribution in [2.45, 2.75) is 26.9 Å². The summed E-state index contributed by atoms with van der Waals surface area (Å²) in [4.78, 5) is 11.4. The Balaban J connectivity index is 3.41. The van der Waals surface area contributed by atoms with Crippen molar-refractivity contribution >= 4 is 5.97 Å². The monoisotopic (exact) mass is 238 g/mol. The fourth-order valence-corrected chi connectivity index (χ4v) is 1.90. The van der Waals surface area contributed by atoms with E-state index in [4.69, 9.17) is 4.74 Å². The van der Waals surface area contributed by atoms with Crippen LogP contribution in [0.15, 0.2) is 6.07 Å². The molecule has 4 heteroatoms. The van der Waals surface area contributed by atoms with Gasteiger partial charge in [0, 0.05) is 5.56 Å². The molecule has 1 atom stereocenters. The van der Waals surface area contributed by atoms with Crippen LogP contribution < -0.4 is 4.74 Å². The maximum Gasteiger partial charge on any atom is 0.339 e. The highest BCUT2D eigenvalue weighted by atomic mass is 16.5. The molecule has 0 aliphatic rings. The lowest BCUT2D eigenvalue weighted by Crippen LogP contribution is -2.16. The van der Waals surface area contributed by atoms with Crippen LogP contribution in [0.5, 0.6) is 5.75 Å². The molecular formula is C13H18O4. The smallest absolute Gasteiger partial charge is 0.339 e. The van der Waals surface area contributed by atoms with E-state index in [-0.39, 0.29) is 0 Å². The predicted octanol–water partition coefficient (Wildman–Crippen LogP) is 1.83. The first-order valence-corrected chi connectivity index (χ1v) is 5.34. The van der Waals surface area contributed by atoms with Crippen LogP contribution in [-0.4, -0.2) is 25.3 Å². The van der Waals surface area contributed by atoms with Crippen molar-refractivity contribution in [1.29, 1.82) is 0 Å². The van der Waals surface area contributed by atoms with Gasteiger partial charge < -0.3 is 14.6 Å². The highest BCUT2D eigenvalue weighted by molar-refractivity contribution is 5.78. The minimum atomic E-state index is -1.31. The second kappa shape index (κ2) is 5.19. The van der Waals surface area contributed by atoms with Crippen LogP contribution in [0.2, 0.25) is 0 Å². The first-order chi connectivity index (χ1) is 7.93. The summed E-state index contributed by atoms with van der Waals surface area (Å²) in [6, 6.07) is 1.92. The molecule has 0 aliphatic carbocycles. The average molecular weight is 238 g/mol. The number of methoxy groups -OCH3 is 2. The number of hydrogen-bond donors (Lipinski definition) is 1. The summed E-state index contributed by atoms with van der Waals surface area (Å²) in [5.41, 5.74) is 3.25. The molecular weight excluding hydrogens is 220 g/mol. The molecule has 1 aromatic carbocycles. The van der Waals surface area contributed by atoms with Gasteiger partial charge in [-0.15, -0.1) is 0 Å². The second-order valence-corrected chi connectivity index (χ2v) is 4.01. The number of aryl methyl sites for hydroxylation is 2. The first kappa shape index (κ1) is 13.5. The van der Waals surface area contributed by atoms with E-state index in [2.05, 4.69) is 4.74 Å². The fraction of sp³-hybridized carbons (Fsp3) is 0.462. The van der Waals surface area contributed by atoms with E-state index in [9.17, 15) is 9.90 Å². The van der Waals surface area contributed by atoms with Gasteiger partial charge in [-0.25, -0.2) is 4.79 Å². The maximum absolute atomic E-state index is 11.4. The average Bonchev–Trinajstić information content (AvgIpc) is 2.31. The largest absolute Gasteiger partial charge is 0.496 e.